The predicted molar refractivity (Wildman–Crippen MR) is 120 cm³/mol. The van der Waals surface area contributed by atoms with E-state index in [0.29, 0.717) is 22.5 Å². The van der Waals surface area contributed by atoms with Crippen molar-refractivity contribution in [1.82, 2.24) is 25.1 Å². The number of halogens is 1. The molecule has 0 aliphatic rings. The zero-order valence-corrected chi connectivity index (χ0v) is 18.3. The summed E-state index contributed by atoms with van der Waals surface area (Å²) in [5.41, 5.74) is 1.83. The second-order valence-electron chi connectivity index (χ2n) is 6.84. The summed E-state index contributed by atoms with van der Waals surface area (Å²) in [6.07, 6.45) is 5.07. The van der Waals surface area contributed by atoms with Crippen LogP contribution in [0.2, 0.25) is 5.02 Å². The van der Waals surface area contributed by atoms with E-state index < -0.39 is 0 Å². The highest BCUT2D eigenvalue weighted by atomic mass is 35.5. The lowest BCUT2D eigenvalue weighted by atomic mass is 10.1. The number of hydrogen-bond acceptors (Lipinski definition) is 6. The number of benzene rings is 1. The Morgan fingerprint density at radius 3 is 2.74 bits per heavy atom. The third-order valence-electron chi connectivity index (χ3n) is 4.61. The Bertz CT molecular complexity index is 1130. The smallest absolute Gasteiger partial charge is 0.230 e. The third kappa shape index (κ3) is 5.34. The van der Waals surface area contributed by atoms with Gasteiger partial charge in [0.15, 0.2) is 11.0 Å². The lowest BCUT2D eigenvalue weighted by Crippen LogP contribution is -2.28. The Hall–Kier alpha value is -3.10. The van der Waals surface area contributed by atoms with Crippen molar-refractivity contribution < 1.29 is 9.21 Å². The largest absolute Gasteiger partial charge is 0.467 e. The first-order valence-corrected chi connectivity index (χ1v) is 11.0. The van der Waals surface area contributed by atoms with Gasteiger partial charge in [-0.3, -0.25) is 14.3 Å². The Kier molecular flexibility index (Phi) is 6.69. The fourth-order valence-corrected chi connectivity index (χ4v) is 3.93. The maximum absolute atomic E-state index is 12.5. The molecule has 4 rings (SSSR count). The average molecular weight is 454 g/mol. The molecule has 0 saturated heterocycles. The average Bonchev–Trinajstić information content (AvgIpc) is 3.44. The Morgan fingerprint density at radius 1 is 1.19 bits per heavy atom. The van der Waals surface area contributed by atoms with Gasteiger partial charge in [-0.15, -0.1) is 10.2 Å². The lowest BCUT2D eigenvalue weighted by molar-refractivity contribution is -0.119. The first-order chi connectivity index (χ1) is 15.1. The molecule has 4 aromatic rings. The molecule has 1 unspecified atom stereocenters. The summed E-state index contributed by atoms with van der Waals surface area (Å²) in [6, 6.07) is 14.8. The molecule has 0 spiro atoms. The first-order valence-electron chi connectivity index (χ1n) is 9.64. The van der Waals surface area contributed by atoms with Crippen LogP contribution in [0.3, 0.4) is 0 Å². The molecule has 3 aromatic heterocycles. The molecule has 0 aliphatic heterocycles. The molecule has 1 N–H and O–H groups in total. The number of furan rings is 1. The van der Waals surface area contributed by atoms with E-state index in [1.165, 1.54) is 11.8 Å². The van der Waals surface area contributed by atoms with Gasteiger partial charge >= 0.3 is 0 Å². The number of nitrogens with one attached hydrogen (secondary N) is 1. The van der Waals surface area contributed by atoms with Crippen LogP contribution in [-0.4, -0.2) is 31.4 Å². The van der Waals surface area contributed by atoms with Gasteiger partial charge in [0.2, 0.25) is 5.91 Å². The molecule has 158 valence electrons. The molecule has 31 heavy (non-hydrogen) atoms. The Balaban J connectivity index is 1.47. The van der Waals surface area contributed by atoms with E-state index in [2.05, 4.69) is 20.5 Å². The van der Waals surface area contributed by atoms with Gasteiger partial charge in [0.1, 0.15) is 5.76 Å². The molecule has 1 aromatic carbocycles. The summed E-state index contributed by atoms with van der Waals surface area (Å²) in [5.74, 6) is 1.55. The topological polar surface area (TPSA) is 85.8 Å². The van der Waals surface area contributed by atoms with Crippen LogP contribution in [0.25, 0.3) is 11.4 Å². The molecule has 9 heteroatoms. The fraction of sp³-hybridized carbons (Fsp3) is 0.182. The van der Waals surface area contributed by atoms with Crippen molar-refractivity contribution in [3.63, 3.8) is 0 Å². The highest BCUT2D eigenvalue weighted by molar-refractivity contribution is 7.99. The molecule has 1 atom stereocenters. The molecule has 7 nitrogen and oxygen atoms in total. The normalized spacial score (nSPS) is 11.9. The molecule has 1 amide bonds. The van der Waals surface area contributed by atoms with Crippen LogP contribution in [0.15, 0.2) is 76.8 Å². The number of hydrogen-bond donors (Lipinski definition) is 1. The molecule has 0 aliphatic carbocycles. The van der Waals surface area contributed by atoms with Crippen LogP contribution in [0.5, 0.6) is 0 Å². The summed E-state index contributed by atoms with van der Waals surface area (Å²) >= 11 is 7.26. The Morgan fingerprint density at radius 2 is 2.03 bits per heavy atom. The minimum Gasteiger partial charge on any atom is -0.467 e. The minimum absolute atomic E-state index is 0.0945. The summed E-state index contributed by atoms with van der Waals surface area (Å²) in [5, 5.41) is 12.9. The number of thioether (sulfide) groups is 1. The number of aromatic nitrogens is 4. The maximum atomic E-state index is 12.5. The van der Waals surface area contributed by atoms with E-state index in [0.717, 1.165) is 16.9 Å². The van der Waals surface area contributed by atoms with Crippen LogP contribution in [0, 0.1) is 0 Å². The van der Waals surface area contributed by atoms with Gasteiger partial charge in [0.05, 0.1) is 24.6 Å². The minimum atomic E-state index is -0.127. The van der Waals surface area contributed by atoms with Gasteiger partial charge in [0, 0.05) is 23.0 Å². The zero-order valence-electron chi connectivity index (χ0n) is 16.7. The second-order valence-corrected chi connectivity index (χ2v) is 8.22. The van der Waals surface area contributed by atoms with E-state index in [1.54, 1.807) is 18.7 Å². The van der Waals surface area contributed by atoms with Crippen molar-refractivity contribution in [3.05, 3.63) is 83.5 Å². The monoisotopic (exact) mass is 453 g/mol. The SMILES string of the molecule is CC(NC(=O)CSc1nnc(-c2cccnc2)n1Cc1ccco1)c1ccc(Cl)cc1. The third-order valence-corrected chi connectivity index (χ3v) is 5.83. The van der Waals surface area contributed by atoms with Crippen LogP contribution in [0.4, 0.5) is 0 Å². The van der Waals surface area contributed by atoms with E-state index in [9.17, 15) is 4.79 Å². The quantitative estimate of drug-likeness (QED) is 0.392. The van der Waals surface area contributed by atoms with Gasteiger partial charge in [-0.2, -0.15) is 0 Å². The van der Waals surface area contributed by atoms with Crippen LogP contribution < -0.4 is 5.32 Å². The number of carbonyl (C=O) groups is 1. The van der Waals surface area contributed by atoms with Crippen molar-refractivity contribution in [1.29, 1.82) is 0 Å². The standard InChI is InChI=1S/C22H20ClN5O2S/c1-15(16-6-8-18(23)9-7-16)25-20(29)14-31-22-27-26-21(17-4-2-10-24-12-17)28(22)13-19-5-3-11-30-19/h2-12,15H,13-14H2,1H3,(H,25,29). The van der Waals surface area contributed by atoms with Crippen LogP contribution in [0.1, 0.15) is 24.3 Å². The molecule has 0 fully saturated rings. The summed E-state index contributed by atoms with van der Waals surface area (Å²) < 4.78 is 7.43. The van der Waals surface area contributed by atoms with E-state index in [4.69, 9.17) is 16.0 Å². The number of carbonyl (C=O) groups excluding carboxylic acids is 1. The first kappa shape index (κ1) is 21.1. The van der Waals surface area contributed by atoms with Gasteiger partial charge in [0.25, 0.3) is 0 Å². The highest BCUT2D eigenvalue weighted by Crippen LogP contribution is 2.25. The molecule has 0 saturated carbocycles. The number of nitrogens with zero attached hydrogens (tertiary/aromatic N) is 4. The Labute approximate surface area is 188 Å². The highest BCUT2D eigenvalue weighted by Gasteiger charge is 2.18. The molecule has 3 heterocycles. The van der Waals surface area contributed by atoms with Crippen molar-refractivity contribution >= 4 is 29.3 Å². The molecule has 0 bridgehead atoms. The van der Waals surface area contributed by atoms with Gasteiger partial charge in [-0.25, -0.2) is 0 Å². The van der Waals surface area contributed by atoms with Crippen LogP contribution in [-0.2, 0) is 11.3 Å². The lowest BCUT2D eigenvalue weighted by Gasteiger charge is -2.14. The van der Waals surface area contributed by atoms with Gasteiger partial charge < -0.3 is 9.73 Å². The van der Waals surface area contributed by atoms with Crippen molar-refractivity contribution in [2.75, 3.05) is 5.75 Å². The van der Waals surface area contributed by atoms with Crippen molar-refractivity contribution in [2.45, 2.75) is 24.7 Å². The molecular weight excluding hydrogens is 434 g/mol. The predicted octanol–water partition coefficient (Wildman–Crippen LogP) is 4.60. The zero-order chi connectivity index (χ0) is 21.6. The molecule has 0 radical (unpaired) electrons. The van der Waals surface area contributed by atoms with Gasteiger partial charge in [-0.05, 0) is 48.9 Å². The number of amides is 1. The summed E-state index contributed by atoms with van der Waals surface area (Å²) in [4.78, 5) is 16.7. The summed E-state index contributed by atoms with van der Waals surface area (Å²) in [6.45, 7) is 2.39. The van der Waals surface area contributed by atoms with Gasteiger partial charge in [-0.1, -0.05) is 35.5 Å². The van der Waals surface area contributed by atoms with E-state index >= 15 is 0 Å². The molecular formula is C22H20ClN5O2S. The van der Waals surface area contributed by atoms with Crippen molar-refractivity contribution in [2.24, 2.45) is 0 Å². The fourth-order valence-electron chi connectivity index (χ4n) is 3.05. The van der Waals surface area contributed by atoms with E-state index in [-0.39, 0.29) is 17.7 Å². The maximum Gasteiger partial charge on any atom is 0.230 e. The second kappa shape index (κ2) is 9.80. The summed E-state index contributed by atoms with van der Waals surface area (Å²) in [7, 11) is 0. The number of rotatable bonds is 8. The van der Waals surface area contributed by atoms with Crippen LogP contribution >= 0.6 is 23.4 Å². The number of pyridine rings is 1. The van der Waals surface area contributed by atoms with Crippen molar-refractivity contribution in [3.8, 4) is 11.4 Å². The van der Waals surface area contributed by atoms with E-state index in [1.807, 2.05) is 60.0 Å².